The van der Waals surface area contributed by atoms with E-state index in [2.05, 4.69) is 5.32 Å². The second kappa shape index (κ2) is 10.1. The van der Waals surface area contributed by atoms with Crippen LogP contribution in [0.1, 0.15) is 48.9 Å². The zero-order chi connectivity index (χ0) is 14.6. The molecule has 0 bridgehead atoms. The third kappa shape index (κ3) is 7.04. The van der Waals surface area contributed by atoms with Gasteiger partial charge in [-0.25, -0.2) is 0 Å². The van der Waals surface area contributed by atoms with Crippen LogP contribution in [0.15, 0.2) is 30.3 Å². The van der Waals surface area contributed by atoms with E-state index in [1.807, 2.05) is 18.2 Å². The lowest BCUT2D eigenvalue weighted by Gasteiger charge is -2.05. The van der Waals surface area contributed by atoms with Gasteiger partial charge in [-0.05, 0) is 12.8 Å². The number of amides is 1. The summed E-state index contributed by atoms with van der Waals surface area (Å²) in [5.41, 5.74) is 0.657. The number of carbonyl (C=O) groups excluding carboxylic acids is 2. The molecule has 0 radical (unpaired) electrons. The fourth-order valence-electron chi connectivity index (χ4n) is 1.90. The van der Waals surface area contributed by atoms with Crippen LogP contribution in [0.3, 0.4) is 0 Å². The summed E-state index contributed by atoms with van der Waals surface area (Å²) in [4.78, 5) is 23.4. The van der Waals surface area contributed by atoms with Crippen molar-refractivity contribution >= 4 is 11.7 Å². The van der Waals surface area contributed by atoms with E-state index in [0.717, 1.165) is 25.7 Å². The van der Waals surface area contributed by atoms with Gasteiger partial charge in [-0.3, -0.25) is 9.59 Å². The van der Waals surface area contributed by atoms with Gasteiger partial charge >= 0.3 is 0 Å². The molecule has 0 aliphatic carbocycles. The summed E-state index contributed by atoms with van der Waals surface area (Å²) in [6.07, 6.45) is 4.21. The van der Waals surface area contributed by atoms with Crippen LogP contribution >= 0.6 is 0 Å². The quantitative estimate of drug-likeness (QED) is 0.509. The van der Waals surface area contributed by atoms with Crippen molar-refractivity contribution in [2.75, 3.05) is 13.2 Å². The molecule has 0 saturated heterocycles. The minimum atomic E-state index is -0.0727. The predicted octanol–water partition coefficient (Wildman–Crippen LogP) is 2.32. The van der Waals surface area contributed by atoms with Crippen molar-refractivity contribution in [2.45, 2.75) is 38.5 Å². The number of hydrogen-bond acceptors (Lipinski definition) is 3. The van der Waals surface area contributed by atoms with E-state index in [4.69, 9.17) is 5.11 Å². The van der Waals surface area contributed by atoms with Gasteiger partial charge in [0.1, 0.15) is 0 Å². The van der Waals surface area contributed by atoms with E-state index in [1.54, 1.807) is 12.1 Å². The third-order valence-corrected chi connectivity index (χ3v) is 3.08. The molecule has 0 spiro atoms. The van der Waals surface area contributed by atoms with Crippen LogP contribution in [0.25, 0.3) is 0 Å². The number of rotatable bonds is 10. The van der Waals surface area contributed by atoms with Crippen molar-refractivity contribution in [3.05, 3.63) is 35.9 Å². The monoisotopic (exact) mass is 277 g/mol. The van der Waals surface area contributed by atoms with Gasteiger partial charge in [-0.1, -0.05) is 43.2 Å². The molecule has 4 nitrogen and oxygen atoms in total. The van der Waals surface area contributed by atoms with Gasteiger partial charge in [0.15, 0.2) is 5.78 Å². The van der Waals surface area contributed by atoms with Crippen LogP contribution in [0.4, 0.5) is 0 Å². The topological polar surface area (TPSA) is 66.4 Å². The molecule has 110 valence electrons. The fraction of sp³-hybridized carbons (Fsp3) is 0.500. The van der Waals surface area contributed by atoms with E-state index in [0.29, 0.717) is 12.1 Å². The number of aliphatic hydroxyl groups is 1. The Bertz CT molecular complexity index is 403. The van der Waals surface area contributed by atoms with Crippen LogP contribution in [0.2, 0.25) is 0 Å². The van der Waals surface area contributed by atoms with Crippen molar-refractivity contribution in [3.63, 3.8) is 0 Å². The van der Waals surface area contributed by atoms with Crippen LogP contribution in [0.5, 0.6) is 0 Å². The van der Waals surface area contributed by atoms with E-state index < -0.39 is 0 Å². The Balaban J connectivity index is 2.09. The largest absolute Gasteiger partial charge is 0.396 e. The fourth-order valence-corrected chi connectivity index (χ4v) is 1.90. The van der Waals surface area contributed by atoms with Gasteiger partial charge in [0.25, 0.3) is 0 Å². The summed E-state index contributed by atoms with van der Waals surface area (Å²) in [5, 5.41) is 11.4. The Hall–Kier alpha value is -1.68. The van der Waals surface area contributed by atoms with Crippen molar-refractivity contribution in [1.82, 2.24) is 5.32 Å². The minimum Gasteiger partial charge on any atom is -0.396 e. The highest BCUT2D eigenvalue weighted by atomic mass is 16.2. The highest BCUT2D eigenvalue weighted by Crippen LogP contribution is 2.05. The van der Waals surface area contributed by atoms with Crippen molar-refractivity contribution in [3.8, 4) is 0 Å². The minimum absolute atomic E-state index is 0.00342. The number of carbonyl (C=O) groups is 2. The number of ketones is 1. The number of benzene rings is 1. The lowest BCUT2D eigenvalue weighted by Crippen LogP contribution is -2.24. The highest BCUT2D eigenvalue weighted by molar-refractivity contribution is 5.97. The van der Waals surface area contributed by atoms with Crippen LogP contribution in [-0.4, -0.2) is 29.9 Å². The number of Topliss-reactive ketones (excluding diaryl/α,β-unsaturated/α-hetero) is 1. The summed E-state index contributed by atoms with van der Waals surface area (Å²) in [6, 6.07) is 9.03. The average Bonchev–Trinajstić information content (AvgIpc) is 2.49. The second-order valence-electron chi connectivity index (χ2n) is 4.78. The van der Waals surface area contributed by atoms with Gasteiger partial charge in [0.2, 0.25) is 5.91 Å². The number of unbranched alkanes of at least 4 members (excludes halogenated alkanes) is 3. The van der Waals surface area contributed by atoms with E-state index in [1.165, 1.54) is 0 Å². The molecule has 0 aliphatic rings. The second-order valence-corrected chi connectivity index (χ2v) is 4.78. The number of hydrogen-bond donors (Lipinski definition) is 2. The first-order valence-electron chi connectivity index (χ1n) is 7.20. The van der Waals surface area contributed by atoms with Gasteiger partial charge in [-0.15, -0.1) is 0 Å². The molecule has 0 saturated carbocycles. The van der Waals surface area contributed by atoms with Gasteiger partial charge in [0, 0.05) is 31.6 Å². The average molecular weight is 277 g/mol. The molecule has 0 heterocycles. The van der Waals surface area contributed by atoms with E-state index >= 15 is 0 Å². The maximum Gasteiger partial charge on any atom is 0.220 e. The molecule has 2 N–H and O–H groups in total. The zero-order valence-electron chi connectivity index (χ0n) is 11.8. The van der Waals surface area contributed by atoms with Crippen LogP contribution in [0, 0.1) is 0 Å². The Kier molecular flexibility index (Phi) is 8.31. The first-order chi connectivity index (χ1) is 9.74. The molecule has 1 rings (SSSR count). The maximum atomic E-state index is 11.8. The van der Waals surface area contributed by atoms with Gasteiger partial charge in [0.05, 0.1) is 0 Å². The Morgan fingerprint density at radius 3 is 2.35 bits per heavy atom. The summed E-state index contributed by atoms with van der Waals surface area (Å²) < 4.78 is 0. The Morgan fingerprint density at radius 2 is 1.65 bits per heavy atom. The molecule has 0 aromatic heterocycles. The first-order valence-corrected chi connectivity index (χ1v) is 7.20. The van der Waals surface area contributed by atoms with Gasteiger partial charge in [-0.2, -0.15) is 0 Å². The lowest BCUT2D eigenvalue weighted by atomic mass is 10.1. The van der Waals surface area contributed by atoms with Gasteiger partial charge < -0.3 is 10.4 Å². The van der Waals surface area contributed by atoms with E-state index in [-0.39, 0.29) is 31.1 Å². The molecule has 0 unspecified atom stereocenters. The molecule has 4 heteroatoms. The normalized spacial score (nSPS) is 10.2. The molecular weight excluding hydrogens is 254 g/mol. The first kappa shape index (κ1) is 16.4. The lowest BCUT2D eigenvalue weighted by molar-refractivity contribution is -0.121. The molecular formula is C16H23NO3. The SMILES string of the molecule is O=C(CCC(=O)c1ccccc1)NCCCCCCO. The van der Waals surface area contributed by atoms with Crippen molar-refractivity contribution in [1.29, 1.82) is 0 Å². The summed E-state index contributed by atoms with van der Waals surface area (Å²) in [5.74, 6) is -0.0693. The molecule has 0 atom stereocenters. The molecule has 1 aromatic carbocycles. The third-order valence-electron chi connectivity index (χ3n) is 3.08. The molecule has 20 heavy (non-hydrogen) atoms. The highest BCUT2D eigenvalue weighted by Gasteiger charge is 2.08. The molecule has 1 aromatic rings. The summed E-state index contributed by atoms with van der Waals surface area (Å²) in [7, 11) is 0. The van der Waals surface area contributed by atoms with Crippen LogP contribution in [-0.2, 0) is 4.79 Å². The van der Waals surface area contributed by atoms with Crippen molar-refractivity contribution in [2.24, 2.45) is 0 Å². The summed E-state index contributed by atoms with van der Waals surface area (Å²) >= 11 is 0. The Morgan fingerprint density at radius 1 is 0.950 bits per heavy atom. The standard InChI is InChI=1S/C16H23NO3/c18-13-7-2-1-6-12-17-16(20)11-10-15(19)14-8-4-3-5-9-14/h3-5,8-9,18H,1-2,6-7,10-13H2,(H,17,20). The van der Waals surface area contributed by atoms with Crippen LogP contribution < -0.4 is 5.32 Å². The number of nitrogens with one attached hydrogen (secondary N) is 1. The molecule has 1 amide bonds. The number of aliphatic hydroxyl groups excluding tert-OH is 1. The van der Waals surface area contributed by atoms with Crippen molar-refractivity contribution < 1.29 is 14.7 Å². The Labute approximate surface area is 120 Å². The molecule has 0 fully saturated rings. The predicted molar refractivity (Wildman–Crippen MR) is 78.6 cm³/mol. The maximum absolute atomic E-state index is 11.8. The zero-order valence-corrected chi connectivity index (χ0v) is 11.8. The summed E-state index contributed by atoms with van der Waals surface area (Å²) in [6.45, 7) is 0.873. The molecule has 0 aliphatic heterocycles. The van der Waals surface area contributed by atoms with E-state index in [9.17, 15) is 9.59 Å². The smallest absolute Gasteiger partial charge is 0.220 e.